The maximum absolute atomic E-state index is 12.6. The van der Waals surface area contributed by atoms with Gasteiger partial charge in [-0.2, -0.15) is 0 Å². The summed E-state index contributed by atoms with van der Waals surface area (Å²) in [6.07, 6.45) is 0. The Balaban J connectivity index is 2.22. The van der Waals surface area contributed by atoms with Crippen molar-refractivity contribution in [3.8, 4) is 0 Å². The first-order valence-electron chi connectivity index (χ1n) is 6.88. The van der Waals surface area contributed by atoms with Gasteiger partial charge in [-0.25, -0.2) is 0 Å². The molecule has 0 aromatic heterocycles. The first kappa shape index (κ1) is 15.4. The number of hydrogen-bond acceptors (Lipinski definition) is 2. The normalized spacial score (nSPS) is 10.7. The highest BCUT2D eigenvalue weighted by atomic mass is 35.5. The maximum Gasteiger partial charge on any atom is 0.254 e. The molecule has 2 aromatic rings. The van der Waals surface area contributed by atoms with Gasteiger partial charge in [-0.1, -0.05) is 23.7 Å². The zero-order valence-corrected chi connectivity index (χ0v) is 13.0. The Bertz CT molecular complexity index is 623. The summed E-state index contributed by atoms with van der Waals surface area (Å²) in [6, 6.07) is 14.7. The Labute approximate surface area is 130 Å². The van der Waals surface area contributed by atoms with Crippen LogP contribution in [0.2, 0.25) is 5.02 Å². The lowest BCUT2D eigenvalue weighted by Gasteiger charge is -2.27. The van der Waals surface area contributed by atoms with Gasteiger partial charge in [-0.15, -0.1) is 0 Å². The van der Waals surface area contributed by atoms with E-state index < -0.39 is 0 Å². The number of nitrogens with two attached hydrogens (primary N) is 1. The van der Waals surface area contributed by atoms with Crippen LogP contribution in [0.4, 0.5) is 5.69 Å². The first-order chi connectivity index (χ1) is 9.97. The topological polar surface area (TPSA) is 46.3 Å². The molecule has 3 nitrogen and oxygen atoms in total. The van der Waals surface area contributed by atoms with Crippen molar-refractivity contribution in [3.05, 3.63) is 64.7 Å². The van der Waals surface area contributed by atoms with Gasteiger partial charge in [0.25, 0.3) is 5.91 Å². The fourth-order valence-corrected chi connectivity index (χ4v) is 2.26. The standard InChI is InChI=1S/C17H19ClN2O/c1-12(2)20(11-13-4-3-5-16(19)10-13)17(21)14-6-8-15(18)9-7-14/h3-10,12H,11,19H2,1-2H3. The summed E-state index contributed by atoms with van der Waals surface area (Å²) in [7, 11) is 0. The summed E-state index contributed by atoms with van der Waals surface area (Å²) in [6.45, 7) is 4.53. The zero-order chi connectivity index (χ0) is 15.4. The summed E-state index contributed by atoms with van der Waals surface area (Å²) in [5.41, 5.74) is 8.16. The number of nitrogen functional groups attached to an aromatic ring is 1. The van der Waals surface area contributed by atoms with Crippen LogP contribution in [0.3, 0.4) is 0 Å². The predicted octanol–water partition coefficient (Wildman–Crippen LogP) is 3.97. The van der Waals surface area contributed by atoms with Gasteiger partial charge in [-0.05, 0) is 55.8 Å². The Kier molecular flexibility index (Phi) is 4.86. The van der Waals surface area contributed by atoms with E-state index in [0.29, 0.717) is 22.8 Å². The van der Waals surface area contributed by atoms with E-state index in [2.05, 4.69) is 0 Å². The van der Waals surface area contributed by atoms with E-state index >= 15 is 0 Å². The maximum atomic E-state index is 12.6. The minimum Gasteiger partial charge on any atom is -0.399 e. The van der Waals surface area contributed by atoms with E-state index in [4.69, 9.17) is 17.3 Å². The molecule has 0 aliphatic heterocycles. The van der Waals surface area contributed by atoms with Crippen molar-refractivity contribution in [2.75, 3.05) is 5.73 Å². The van der Waals surface area contributed by atoms with Crippen LogP contribution in [-0.4, -0.2) is 16.8 Å². The highest BCUT2D eigenvalue weighted by Crippen LogP contribution is 2.17. The van der Waals surface area contributed by atoms with Gasteiger partial charge >= 0.3 is 0 Å². The second kappa shape index (κ2) is 6.64. The van der Waals surface area contributed by atoms with Gasteiger partial charge in [0.15, 0.2) is 0 Å². The molecule has 2 N–H and O–H groups in total. The second-order valence-electron chi connectivity index (χ2n) is 5.28. The van der Waals surface area contributed by atoms with E-state index in [1.54, 1.807) is 24.3 Å². The number of anilines is 1. The lowest BCUT2D eigenvalue weighted by Crippen LogP contribution is -2.36. The molecule has 0 unspecified atom stereocenters. The monoisotopic (exact) mass is 302 g/mol. The van der Waals surface area contributed by atoms with Crippen LogP contribution in [0, 0.1) is 0 Å². The van der Waals surface area contributed by atoms with Crippen molar-refractivity contribution in [2.45, 2.75) is 26.4 Å². The van der Waals surface area contributed by atoms with E-state index in [-0.39, 0.29) is 11.9 Å². The van der Waals surface area contributed by atoms with Gasteiger partial charge in [0, 0.05) is 28.9 Å². The summed E-state index contributed by atoms with van der Waals surface area (Å²) in [5, 5.41) is 0.624. The minimum atomic E-state index is -0.0101. The fraction of sp³-hybridized carbons (Fsp3) is 0.235. The quantitative estimate of drug-likeness (QED) is 0.869. The first-order valence-corrected chi connectivity index (χ1v) is 7.26. The van der Waals surface area contributed by atoms with Crippen LogP contribution >= 0.6 is 11.6 Å². The third kappa shape index (κ3) is 3.99. The van der Waals surface area contributed by atoms with Crippen molar-refractivity contribution in [1.29, 1.82) is 0 Å². The molecule has 4 heteroatoms. The number of hydrogen-bond donors (Lipinski definition) is 1. The van der Waals surface area contributed by atoms with Gasteiger partial charge in [0.2, 0.25) is 0 Å². The van der Waals surface area contributed by atoms with Crippen LogP contribution < -0.4 is 5.73 Å². The zero-order valence-electron chi connectivity index (χ0n) is 12.2. The molecule has 21 heavy (non-hydrogen) atoms. The van der Waals surface area contributed by atoms with Crippen LogP contribution in [0.5, 0.6) is 0 Å². The molecule has 1 amide bonds. The van der Waals surface area contributed by atoms with Crippen molar-refractivity contribution < 1.29 is 4.79 Å². The number of halogens is 1. The Morgan fingerprint density at radius 3 is 2.43 bits per heavy atom. The van der Waals surface area contributed by atoms with E-state index in [9.17, 15) is 4.79 Å². The number of benzene rings is 2. The third-order valence-electron chi connectivity index (χ3n) is 3.28. The van der Waals surface area contributed by atoms with Crippen molar-refractivity contribution in [3.63, 3.8) is 0 Å². The van der Waals surface area contributed by atoms with Crippen molar-refractivity contribution in [1.82, 2.24) is 4.90 Å². The van der Waals surface area contributed by atoms with Crippen LogP contribution in [-0.2, 0) is 6.54 Å². The average Bonchev–Trinajstić information content (AvgIpc) is 2.44. The summed E-state index contributed by atoms with van der Waals surface area (Å²) in [5.74, 6) is -0.0101. The Morgan fingerprint density at radius 1 is 1.19 bits per heavy atom. The number of nitrogens with zero attached hydrogens (tertiary/aromatic N) is 1. The number of carbonyl (C=O) groups is 1. The van der Waals surface area contributed by atoms with Gasteiger partial charge in [-0.3, -0.25) is 4.79 Å². The summed E-state index contributed by atoms with van der Waals surface area (Å²) < 4.78 is 0. The molecular weight excluding hydrogens is 284 g/mol. The molecule has 2 aromatic carbocycles. The molecule has 110 valence electrons. The molecule has 0 saturated heterocycles. The van der Waals surface area contributed by atoms with Crippen LogP contribution in [0.25, 0.3) is 0 Å². The lowest BCUT2D eigenvalue weighted by molar-refractivity contribution is 0.0690. The Hall–Kier alpha value is -2.00. The molecule has 0 fully saturated rings. The third-order valence-corrected chi connectivity index (χ3v) is 3.53. The van der Waals surface area contributed by atoms with Crippen LogP contribution in [0.1, 0.15) is 29.8 Å². The molecular formula is C17H19ClN2O. The summed E-state index contributed by atoms with van der Waals surface area (Å²) in [4.78, 5) is 14.5. The smallest absolute Gasteiger partial charge is 0.254 e. The fourth-order valence-electron chi connectivity index (χ4n) is 2.14. The van der Waals surface area contributed by atoms with Crippen LogP contribution in [0.15, 0.2) is 48.5 Å². The highest BCUT2D eigenvalue weighted by molar-refractivity contribution is 6.30. The highest BCUT2D eigenvalue weighted by Gasteiger charge is 2.19. The molecule has 0 saturated carbocycles. The molecule has 0 aliphatic carbocycles. The van der Waals surface area contributed by atoms with E-state index in [1.165, 1.54) is 0 Å². The summed E-state index contributed by atoms with van der Waals surface area (Å²) >= 11 is 5.87. The van der Waals surface area contributed by atoms with Gasteiger partial charge < -0.3 is 10.6 Å². The van der Waals surface area contributed by atoms with Gasteiger partial charge in [0.05, 0.1) is 0 Å². The molecule has 2 rings (SSSR count). The molecule has 0 bridgehead atoms. The molecule has 0 spiro atoms. The van der Waals surface area contributed by atoms with E-state index in [1.807, 2.05) is 43.0 Å². The SMILES string of the molecule is CC(C)N(Cc1cccc(N)c1)C(=O)c1ccc(Cl)cc1. The average molecular weight is 303 g/mol. The lowest BCUT2D eigenvalue weighted by atomic mass is 10.1. The predicted molar refractivity (Wildman–Crippen MR) is 87.3 cm³/mol. The van der Waals surface area contributed by atoms with Crippen molar-refractivity contribution >= 4 is 23.2 Å². The number of rotatable bonds is 4. The molecule has 0 heterocycles. The van der Waals surface area contributed by atoms with Crippen molar-refractivity contribution in [2.24, 2.45) is 0 Å². The Morgan fingerprint density at radius 2 is 1.86 bits per heavy atom. The number of amides is 1. The molecule has 0 radical (unpaired) electrons. The van der Waals surface area contributed by atoms with Gasteiger partial charge in [0.1, 0.15) is 0 Å². The second-order valence-corrected chi connectivity index (χ2v) is 5.72. The van der Waals surface area contributed by atoms with E-state index in [0.717, 1.165) is 5.56 Å². The molecule has 0 aliphatic rings. The minimum absolute atomic E-state index is 0.0101. The number of carbonyl (C=O) groups excluding carboxylic acids is 1. The molecule has 0 atom stereocenters. The largest absolute Gasteiger partial charge is 0.399 e.